The van der Waals surface area contributed by atoms with Crippen LogP contribution in [0.5, 0.6) is 0 Å². The average Bonchev–Trinajstić information content (AvgIpc) is 2.78. The molecule has 0 radical (unpaired) electrons. The predicted octanol–water partition coefficient (Wildman–Crippen LogP) is 2.43. The van der Waals surface area contributed by atoms with E-state index in [0.717, 1.165) is 12.1 Å². The maximum Gasteiger partial charge on any atom is 0.277 e. The summed E-state index contributed by atoms with van der Waals surface area (Å²) in [6.07, 6.45) is -0.106. The zero-order valence-corrected chi connectivity index (χ0v) is 19.6. The largest absolute Gasteiger partial charge is 0.394 e. The Labute approximate surface area is 201 Å². The third kappa shape index (κ3) is 7.53. The van der Waals surface area contributed by atoms with Gasteiger partial charge >= 0.3 is 0 Å². The number of rotatable bonds is 11. The summed E-state index contributed by atoms with van der Waals surface area (Å²) in [6, 6.07) is 4.94. The molecule has 33 heavy (non-hydrogen) atoms. The smallest absolute Gasteiger partial charge is 0.277 e. The second-order valence-electron chi connectivity index (χ2n) is 6.65. The topological polar surface area (TPSA) is 123 Å². The van der Waals surface area contributed by atoms with Crippen LogP contribution in [0.15, 0.2) is 24.3 Å². The summed E-state index contributed by atoms with van der Waals surface area (Å²) in [5, 5.41) is 24.1. The average molecular weight is 582 g/mol. The fourth-order valence-electron chi connectivity index (χ4n) is 2.67. The lowest BCUT2D eigenvalue weighted by molar-refractivity contribution is -0.128. The molecule has 0 heterocycles. The standard InChI is InChI=1S/C20H22F3IN4O5/c1-25-16(30)4-5-28(32)10-11-8-13(20(31)27-33-7-6-29)19(18(23)17(11)22)26-15-3-2-12(24)9-14(15)21/h2-3,8-9,26,29,32H,4-7,10H2,1H3,(H,25,30)(H,27,31). The minimum Gasteiger partial charge on any atom is -0.394 e. The third-order valence-electron chi connectivity index (χ3n) is 4.30. The lowest BCUT2D eigenvalue weighted by Gasteiger charge is -2.19. The van der Waals surface area contributed by atoms with E-state index in [1.807, 2.05) is 28.1 Å². The van der Waals surface area contributed by atoms with Gasteiger partial charge in [-0.05, 0) is 46.9 Å². The first-order valence-corrected chi connectivity index (χ1v) is 10.7. The van der Waals surface area contributed by atoms with E-state index < -0.39 is 53.3 Å². The van der Waals surface area contributed by atoms with Crippen molar-refractivity contribution >= 4 is 45.8 Å². The first kappa shape index (κ1) is 26.8. The highest BCUT2D eigenvalue weighted by molar-refractivity contribution is 14.1. The number of halogens is 4. The van der Waals surface area contributed by atoms with Crippen LogP contribution in [0.3, 0.4) is 0 Å². The maximum absolute atomic E-state index is 15.0. The number of hydroxylamine groups is 3. The molecule has 13 heteroatoms. The molecule has 9 nitrogen and oxygen atoms in total. The van der Waals surface area contributed by atoms with Crippen LogP contribution in [0, 0.1) is 21.0 Å². The summed E-state index contributed by atoms with van der Waals surface area (Å²) in [5.74, 6) is -5.01. The van der Waals surface area contributed by atoms with E-state index in [9.17, 15) is 23.6 Å². The molecular weight excluding hydrogens is 560 g/mol. The van der Waals surface area contributed by atoms with Gasteiger partial charge in [-0.1, -0.05) is 0 Å². The molecule has 0 atom stereocenters. The van der Waals surface area contributed by atoms with Crippen molar-refractivity contribution in [1.29, 1.82) is 0 Å². The summed E-state index contributed by atoms with van der Waals surface area (Å²) in [4.78, 5) is 28.6. The Morgan fingerprint density at radius 3 is 2.55 bits per heavy atom. The zero-order valence-electron chi connectivity index (χ0n) is 17.4. The number of nitrogens with one attached hydrogen (secondary N) is 3. The highest BCUT2D eigenvalue weighted by Gasteiger charge is 2.25. The van der Waals surface area contributed by atoms with Gasteiger partial charge in [0.1, 0.15) is 5.82 Å². The van der Waals surface area contributed by atoms with Gasteiger partial charge < -0.3 is 20.9 Å². The van der Waals surface area contributed by atoms with Crippen molar-refractivity contribution in [1.82, 2.24) is 15.9 Å². The van der Waals surface area contributed by atoms with Gasteiger partial charge in [0.05, 0.1) is 36.7 Å². The minimum absolute atomic E-state index is 0.106. The Balaban J connectivity index is 2.41. The van der Waals surface area contributed by atoms with E-state index in [1.165, 1.54) is 19.2 Å². The minimum atomic E-state index is -1.49. The number of aliphatic hydroxyl groups is 1. The molecule has 0 fully saturated rings. The van der Waals surface area contributed by atoms with Gasteiger partial charge in [-0.2, -0.15) is 5.06 Å². The summed E-state index contributed by atoms with van der Waals surface area (Å²) >= 11 is 1.87. The van der Waals surface area contributed by atoms with Crippen molar-refractivity contribution in [3.05, 3.63) is 56.4 Å². The fraction of sp³-hybridized carbons (Fsp3) is 0.300. The molecule has 2 rings (SSSR count). The molecule has 0 saturated carbocycles. The van der Waals surface area contributed by atoms with Crippen LogP contribution in [-0.2, 0) is 16.2 Å². The lowest BCUT2D eigenvalue weighted by Crippen LogP contribution is -2.28. The highest BCUT2D eigenvalue weighted by atomic mass is 127. The van der Waals surface area contributed by atoms with Crippen LogP contribution in [-0.4, -0.2) is 54.0 Å². The number of benzene rings is 2. The van der Waals surface area contributed by atoms with Crippen LogP contribution >= 0.6 is 22.6 Å². The molecule has 2 aromatic rings. The summed E-state index contributed by atoms with van der Waals surface area (Å²) in [7, 11) is 1.41. The van der Waals surface area contributed by atoms with Gasteiger partial charge in [-0.3, -0.25) is 14.4 Å². The molecule has 180 valence electrons. The molecule has 0 unspecified atom stereocenters. The van der Waals surface area contributed by atoms with Crippen molar-refractivity contribution in [2.24, 2.45) is 0 Å². The van der Waals surface area contributed by atoms with Crippen LogP contribution < -0.4 is 16.1 Å². The molecule has 0 spiro atoms. The molecule has 2 aromatic carbocycles. The first-order chi connectivity index (χ1) is 15.7. The van der Waals surface area contributed by atoms with Gasteiger partial charge in [-0.15, -0.1) is 0 Å². The van der Waals surface area contributed by atoms with Gasteiger partial charge in [0.2, 0.25) is 5.91 Å². The van der Waals surface area contributed by atoms with Gasteiger partial charge in [0.25, 0.3) is 5.91 Å². The molecule has 0 aliphatic rings. The second kappa shape index (κ2) is 12.7. The normalized spacial score (nSPS) is 10.9. The highest BCUT2D eigenvalue weighted by Crippen LogP contribution is 2.31. The molecule has 0 aliphatic heterocycles. The van der Waals surface area contributed by atoms with Crippen LogP contribution in [0.25, 0.3) is 0 Å². The number of carbonyl (C=O) groups excluding carboxylic acids is 2. The van der Waals surface area contributed by atoms with Crippen molar-refractivity contribution in [2.45, 2.75) is 13.0 Å². The number of amides is 2. The van der Waals surface area contributed by atoms with E-state index in [0.29, 0.717) is 8.63 Å². The Morgan fingerprint density at radius 1 is 1.18 bits per heavy atom. The number of anilines is 2. The van der Waals surface area contributed by atoms with E-state index >= 15 is 4.39 Å². The maximum atomic E-state index is 15.0. The van der Waals surface area contributed by atoms with Crippen molar-refractivity contribution in [2.75, 3.05) is 32.1 Å². The zero-order chi connectivity index (χ0) is 24.5. The van der Waals surface area contributed by atoms with Crippen molar-refractivity contribution in [3.63, 3.8) is 0 Å². The Bertz CT molecular complexity index is 1010. The van der Waals surface area contributed by atoms with Crippen molar-refractivity contribution < 1.29 is 37.9 Å². The third-order valence-corrected chi connectivity index (χ3v) is 4.98. The Kier molecular flexibility index (Phi) is 10.3. The molecule has 0 saturated heterocycles. The van der Waals surface area contributed by atoms with Crippen molar-refractivity contribution in [3.8, 4) is 0 Å². The number of nitrogens with zero attached hydrogens (tertiary/aromatic N) is 1. The Hall–Kier alpha value is -2.46. The SMILES string of the molecule is CNC(=O)CCN(O)Cc1cc(C(=O)NOCCO)c(Nc2ccc(I)cc2F)c(F)c1F. The molecule has 0 aromatic heterocycles. The van der Waals surface area contributed by atoms with E-state index in [2.05, 4.69) is 10.6 Å². The molecular formula is C20H22F3IN4O5. The summed E-state index contributed by atoms with van der Waals surface area (Å²) in [5.41, 5.74) is 0.269. The fourth-order valence-corrected chi connectivity index (χ4v) is 3.12. The van der Waals surface area contributed by atoms with Gasteiger partial charge in [0.15, 0.2) is 11.6 Å². The molecule has 0 aliphatic carbocycles. The number of aliphatic hydroxyl groups excluding tert-OH is 1. The summed E-state index contributed by atoms with van der Waals surface area (Å²) < 4.78 is 44.6. The summed E-state index contributed by atoms with van der Waals surface area (Å²) in [6.45, 7) is -1.40. The quantitative estimate of drug-likeness (QED) is 0.157. The van der Waals surface area contributed by atoms with Crippen LogP contribution in [0.4, 0.5) is 24.5 Å². The predicted molar refractivity (Wildman–Crippen MR) is 120 cm³/mol. The van der Waals surface area contributed by atoms with Crippen LogP contribution in [0.2, 0.25) is 0 Å². The van der Waals surface area contributed by atoms with Crippen LogP contribution in [0.1, 0.15) is 22.3 Å². The molecule has 2 amide bonds. The lowest BCUT2D eigenvalue weighted by atomic mass is 10.1. The first-order valence-electron chi connectivity index (χ1n) is 9.58. The number of carbonyl (C=O) groups is 2. The van der Waals surface area contributed by atoms with E-state index in [-0.39, 0.29) is 31.2 Å². The number of hydrogen-bond acceptors (Lipinski definition) is 7. The van der Waals surface area contributed by atoms with Gasteiger partial charge in [0, 0.05) is 29.1 Å². The molecule has 0 bridgehead atoms. The second-order valence-corrected chi connectivity index (χ2v) is 7.90. The molecule has 5 N–H and O–H groups in total. The van der Waals surface area contributed by atoms with E-state index in [1.54, 1.807) is 0 Å². The van der Waals surface area contributed by atoms with Gasteiger partial charge in [-0.25, -0.2) is 18.7 Å². The van der Waals surface area contributed by atoms with E-state index in [4.69, 9.17) is 9.94 Å². The Morgan fingerprint density at radius 2 is 1.91 bits per heavy atom. The monoisotopic (exact) mass is 582 g/mol. The number of hydrogen-bond donors (Lipinski definition) is 5.